The van der Waals surface area contributed by atoms with Gasteiger partial charge < -0.3 is 10.5 Å². The number of nitrogens with two attached hydrogens (primary N) is 1. The van der Waals surface area contributed by atoms with Gasteiger partial charge in [-0.05, 0) is 0 Å². The number of nitrogens with one attached hydrogen (secondary N) is 1. The third-order valence-corrected chi connectivity index (χ3v) is 1.48. The van der Waals surface area contributed by atoms with E-state index in [2.05, 4.69) is 5.32 Å². The van der Waals surface area contributed by atoms with E-state index in [4.69, 9.17) is 10.5 Å². The first-order valence-electron chi connectivity index (χ1n) is 3.35. The molecular weight excluding hydrogens is 148 g/mol. The quantitative estimate of drug-likeness (QED) is 0.483. The van der Waals surface area contributed by atoms with E-state index in [1.54, 1.807) is 0 Å². The highest BCUT2D eigenvalue weighted by atomic mass is 16.5. The lowest BCUT2D eigenvalue weighted by Gasteiger charge is -2.03. The van der Waals surface area contributed by atoms with Crippen LogP contribution in [0.5, 0.6) is 0 Å². The molecule has 0 aromatic heterocycles. The number of Topliss-reactive ketones (excluding diaryl/α,β-unsaturated/α-hetero) is 1. The van der Waals surface area contributed by atoms with Crippen molar-refractivity contribution in [2.45, 2.75) is 12.5 Å². The van der Waals surface area contributed by atoms with Crippen molar-refractivity contribution in [3.05, 3.63) is 0 Å². The summed E-state index contributed by atoms with van der Waals surface area (Å²) >= 11 is 0. The third kappa shape index (κ3) is 2.28. The zero-order valence-corrected chi connectivity index (χ0v) is 6.00. The van der Waals surface area contributed by atoms with E-state index in [1.807, 2.05) is 0 Å². The highest BCUT2D eigenvalue weighted by molar-refractivity contribution is 6.35. The van der Waals surface area contributed by atoms with Gasteiger partial charge in [0.1, 0.15) is 0 Å². The van der Waals surface area contributed by atoms with Crippen LogP contribution in [0.25, 0.3) is 0 Å². The smallest absolute Gasteiger partial charge is 0.284 e. The van der Waals surface area contributed by atoms with Crippen molar-refractivity contribution in [2.24, 2.45) is 5.73 Å². The van der Waals surface area contributed by atoms with Crippen LogP contribution in [0, 0.1) is 0 Å². The number of ether oxygens (including phenoxy) is 1. The summed E-state index contributed by atoms with van der Waals surface area (Å²) in [6.45, 7) is 1.05. The number of amides is 1. The Hall–Kier alpha value is -0.940. The number of hydrogen-bond acceptors (Lipinski definition) is 4. The molecule has 1 aliphatic heterocycles. The molecule has 0 saturated carbocycles. The second-order valence-corrected chi connectivity index (χ2v) is 2.38. The van der Waals surface area contributed by atoms with Crippen LogP contribution in [0.4, 0.5) is 0 Å². The average Bonchev–Trinajstić information content (AvgIpc) is 2.39. The maximum atomic E-state index is 10.7. The molecule has 1 rings (SSSR count). The fourth-order valence-corrected chi connectivity index (χ4v) is 0.894. The van der Waals surface area contributed by atoms with E-state index in [0.29, 0.717) is 13.3 Å². The van der Waals surface area contributed by atoms with Crippen LogP contribution in [0.2, 0.25) is 0 Å². The maximum Gasteiger partial charge on any atom is 0.284 e. The molecule has 11 heavy (non-hydrogen) atoms. The fraction of sp³-hybridized carbons (Fsp3) is 0.667. The van der Waals surface area contributed by atoms with Crippen LogP contribution in [0.3, 0.4) is 0 Å². The number of carbonyl (C=O) groups excluding carboxylic acids is 2. The minimum atomic E-state index is -0.888. The fourth-order valence-electron chi connectivity index (χ4n) is 0.894. The van der Waals surface area contributed by atoms with Gasteiger partial charge in [-0.1, -0.05) is 0 Å². The molecule has 5 nitrogen and oxygen atoms in total. The number of rotatable bonds is 3. The SMILES string of the molecule is NC(=O)C(=O)C[C@H]1CNCO1. The molecule has 0 spiro atoms. The molecule has 3 N–H and O–H groups in total. The van der Waals surface area contributed by atoms with Crippen LogP contribution >= 0.6 is 0 Å². The van der Waals surface area contributed by atoms with Gasteiger partial charge >= 0.3 is 0 Å². The Kier molecular flexibility index (Phi) is 2.56. The summed E-state index contributed by atoms with van der Waals surface area (Å²) in [6.07, 6.45) is -0.0995. The zero-order valence-electron chi connectivity index (χ0n) is 6.00. The van der Waals surface area contributed by atoms with Gasteiger partial charge in [0.05, 0.1) is 12.8 Å². The van der Waals surface area contributed by atoms with Gasteiger partial charge in [-0.3, -0.25) is 14.9 Å². The van der Waals surface area contributed by atoms with Crippen LogP contribution in [0.1, 0.15) is 6.42 Å². The standard InChI is InChI=1S/C6H10N2O3/c7-6(10)5(9)1-4-2-8-3-11-4/h4,8H,1-3H2,(H2,7,10)/t4-/m0/s1. The first kappa shape index (κ1) is 8.16. The minimum Gasteiger partial charge on any atom is -0.363 e. The molecule has 5 heteroatoms. The van der Waals surface area contributed by atoms with Crippen molar-refractivity contribution in [2.75, 3.05) is 13.3 Å². The number of hydrogen-bond donors (Lipinski definition) is 2. The van der Waals surface area contributed by atoms with E-state index < -0.39 is 11.7 Å². The van der Waals surface area contributed by atoms with Crippen molar-refractivity contribution >= 4 is 11.7 Å². The first-order chi connectivity index (χ1) is 5.20. The molecule has 62 valence electrons. The average molecular weight is 158 g/mol. The van der Waals surface area contributed by atoms with Gasteiger partial charge in [0, 0.05) is 13.0 Å². The van der Waals surface area contributed by atoms with Crippen molar-refractivity contribution in [3.8, 4) is 0 Å². The van der Waals surface area contributed by atoms with Gasteiger partial charge in [0.2, 0.25) is 5.78 Å². The van der Waals surface area contributed by atoms with Crippen LogP contribution in [-0.2, 0) is 14.3 Å². The summed E-state index contributed by atoms with van der Waals surface area (Å²) in [4.78, 5) is 21.0. The lowest BCUT2D eigenvalue weighted by atomic mass is 10.2. The third-order valence-electron chi connectivity index (χ3n) is 1.48. The molecule has 0 aromatic carbocycles. The number of ketones is 1. The molecule has 1 saturated heterocycles. The van der Waals surface area contributed by atoms with E-state index in [9.17, 15) is 9.59 Å². The summed E-state index contributed by atoms with van der Waals surface area (Å²) < 4.78 is 5.03. The van der Waals surface area contributed by atoms with Gasteiger partial charge in [-0.2, -0.15) is 0 Å². The number of primary amides is 1. The monoisotopic (exact) mass is 158 g/mol. The summed E-state index contributed by atoms with van der Waals surface area (Å²) in [5.74, 6) is -1.46. The molecule has 0 radical (unpaired) electrons. The largest absolute Gasteiger partial charge is 0.363 e. The zero-order chi connectivity index (χ0) is 8.27. The Balaban J connectivity index is 2.29. The molecule has 1 atom stereocenters. The highest BCUT2D eigenvalue weighted by Crippen LogP contribution is 2.02. The molecule has 1 amide bonds. The summed E-state index contributed by atoms with van der Waals surface area (Å²) in [5.41, 5.74) is 4.75. The molecule has 1 heterocycles. The predicted octanol–water partition coefficient (Wildman–Crippen LogP) is -1.62. The van der Waals surface area contributed by atoms with Crippen molar-refractivity contribution in [1.29, 1.82) is 0 Å². The van der Waals surface area contributed by atoms with Crippen LogP contribution < -0.4 is 11.1 Å². The van der Waals surface area contributed by atoms with Crippen molar-refractivity contribution in [1.82, 2.24) is 5.32 Å². The maximum absolute atomic E-state index is 10.7. The van der Waals surface area contributed by atoms with Crippen LogP contribution in [-0.4, -0.2) is 31.1 Å². The Labute approximate surface area is 63.9 Å². The van der Waals surface area contributed by atoms with E-state index in [0.717, 1.165) is 0 Å². The molecular formula is C6H10N2O3. The van der Waals surface area contributed by atoms with E-state index in [-0.39, 0.29) is 12.5 Å². The summed E-state index contributed by atoms with van der Waals surface area (Å²) in [7, 11) is 0. The topological polar surface area (TPSA) is 81.4 Å². The Morgan fingerprint density at radius 2 is 2.36 bits per heavy atom. The van der Waals surface area contributed by atoms with Gasteiger partial charge in [-0.15, -0.1) is 0 Å². The number of carbonyl (C=O) groups is 2. The minimum absolute atomic E-state index is 0.0856. The Morgan fingerprint density at radius 3 is 2.82 bits per heavy atom. The van der Waals surface area contributed by atoms with E-state index >= 15 is 0 Å². The highest BCUT2D eigenvalue weighted by Gasteiger charge is 2.20. The predicted molar refractivity (Wildman–Crippen MR) is 36.6 cm³/mol. The lowest BCUT2D eigenvalue weighted by molar-refractivity contribution is -0.137. The Bertz CT molecular complexity index is 175. The molecule has 1 aliphatic rings. The summed E-state index contributed by atoms with van der Waals surface area (Å²) in [6, 6.07) is 0. The van der Waals surface area contributed by atoms with Crippen molar-refractivity contribution < 1.29 is 14.3 Å². The molecule has 0 bridgehead atoms. The summed E-state index contributed by atoms with van der Waals surface area (Å²) in [5, 5.41) is 2.89. The van der Waals surface area contributed by atoms with Crippen molar-refractivity contribution in [3.63, 3.8) is 0 Å². The van der Waals surface area contributed by atoms with Gasteiger partial charge in [-0.25, -0.2) is 0 Å². The Morgan fingerprint density at radius 1 is 1.64 bits per heavy atom. The van der Waals surface area contributed by atoms with E-state index in [1.165, 1.54) is 0 Å². The normalized spacial score (nSPS) is 23.5. The second kappa shape index (κ2) is 3.45. The molecule has 1 fully saturated rings. The van der Waals surface area contributed by atoms with Gasteiger partial charge in [0.25, 0.3) is 5.91 Å². The first-order valence-corrected chi connectivity index (χ1v) is 3.35. The second-order valence-electron chi connectivity index (χ2n) is 2.38. The lowest BCUT2D eigenvalue weighted by Crippen LogP contribution is -2.28. The molecule has 0 unspecified atom stereocenters. The van der Waals surface area contributed by atoms with Crippen LogP contribution in [0.15, 0.2) is 0 Å². The van der Waals surface area contributed by atoms with Gasteiger partial charge in [0.15, 0.2) is 0 Å². The molecule has 0 aromatic rings. The molecule has 0 aliphatic carbocycles.